The van der Waals surface area contributed by atoms with E-state index in [9.17, 15) is 9.90 Å². The molecule has 0 saturated carbocycles. The van der Waals surface area contributed by atoms with Crippen molar-refractivity contribution in [3.8, 4) is 0 Å². The van der Waals surface area contributed by atoms with Crippen molar-refractivity contribution in [2.45, 2.75) is 17.8 Å². The summed E-state index contributed by atoms with van der Waals surface area (Å²) >= 11 is 0. The minimum Gasteiger partial charge on any atom is -0.480 e. The first-order chi connectivity index (χ1) is 9.12. The van der Waals surface area contributed by atoms with E-state index in [1.165, 1.54) is 5.56 Å². The first kappa shape index (κ1) is 12.6. The lowest BCUT2D eigenvalue weighted by molar-refractivity contribution is -0.163. The lowest BCUT2D eigenvalue weighted by Gasteiger charge is -2.38. The number of rotatable bonds is 3. The Balaban J connectivity index is 1.90. The average molecular weight is 261 g/mol. The summed E-state index contributed by atoms with van der Waals surface area (Å²) in [4.78, 5) is 13.8. The number of carboxylic acids is 1. The summed E-state index contributed by atoms with van der Waals surface area (Å²) in [5.41, 5.74) is 1.33. The van der Waals surface area contributed by atoms with Gasteiger partial charge in [0.15, 0.2) is 0 Å². The molecular weight excluding hydrogens is 242 g/mol. The quantitative estimate of drug-likeness (QED) is 0.895. The summed E-state index contributed by atoms with van der Waals surface area (Å²) in [7, 11) is 2.13. The molecule has 0 spiro atoms. The number of likely N-dealkylation sites (tertiary alicyclic amines) is 1. The highest BCUT2D eigenvalue weighted by Gasteiger charge is 2.48. The van der Waals surface area contributed by atoms with Crippen molar-refractivity contribution in [1.82, 2.24) is 4.90 Å². The number of hydrogen-bond acceptors (Lipinski definition) is 3. The summed E-state index contributed by atoms with van der Waals surface area (Å²) in [6, 6.07) is 8.08. The molecule has 2 heterocycles. The van der Waals surface area contributed by atoms with Crippen molar-refractivity contribution in [1.29, 1.82) is 0 Å². The molecule has 0 radical (unpaired) electrons. The number of carbonyl (C=O) groups is 1. The van der Waals surface area contributed by atoms with E-state index in [-0.39, 0.29) is 13.2 Å². The zero-order valence-corrected chi connectivity index (χ0v) is 11.1. The van der Waals surface area contributed by atoms with Gasteiger partial charge in [-0.05, 0) is 37.1 Å². The molecule has 4 heteroatoms. The fourth-order valence-corrected chi connectivity index (χ4v) is 3.02. The first-order valence-corrected chi connectivity index (χ1v) is 6.72. The predicted octanol–water partition coefficient (Wildman–Crippen LogP) is 1.46. The smallest absolute Gasteiger partial charge is 0.318 e. The van der Waals surface area contributed by atoms with Gasteiger partial charge >= 0.3 is 5.97 Å². The van der Waals surface area contributed by atoms with E-state index in [4.69, 9.17) is 4.74 Å². The molecule has 2 saturated heterocycles. The van der Waals surface area contributed by atoms with Gasteiger partial charge in [0.05, 0.1) is 13.2 Å². The van der Waals surface area contributed by atoms with E-state index < -0.39 is 11.4 Å². The van der Waals surface area contributed by atoms with Crippen molar-refractivity contribution < 1.29 is 14.6 Å². The molecule has 3 rings (SSSR count). The van der Waals surface area contributed by atoms with Crippen LogP contribution in [0.25, 0.3) is 0 Å². The molecule has 2 fully saturated rings. The monoisotopic (exact) mass is 261 g/mol. The second-order valence-corrected chi connectivity index (χ2v) is 5.75. The van der Waals surface area contributed by atoms with Crippen molar-refractivity contribution in [2.75, 3.05) is 33.4 Å². The molecule has 1 unspecified atom stereocenters. The molecule has 0 amide bonds. The normalized spacial score (nSPS) is 26.1. The van der Waals surface area contributed by atoms with Crippen LogP contribution < -0.4 is 0 Å². The SMILES string of the molecule is CN1CCC(c2cccc(C3(C(=O)O)COC3)c2)C1. The zero-order chi connectivity index (χ0) is 13.5. The van der Waals surface area contributed by atoms with E-state index in [1.54, 1.807) is 0 Å². The van der Waals surface area contributed by atoms with Crippen molar-refractivity contribution in [3.05, 3.63) is 35.4 Å². The number of nitrogens with zero attached hydrogens (tertiary/aromatic N) is 1. The molecule has 0 aromatic heterocycles. The van der Waals surface area contributed by atoms with Gasteiger partial charge < -0.3 is 14.7 Å². The number of hydrogen-bond donors (Lipinski definition) is 1. The topological polar surface area (TPSA) is 49.8 Å². The van der Waals surface area contributed by atoms with E-state index in [0.717, 1.165) is 25.1 Å². The molecule has 1 aromatic carbocycles. The van der Waals surface area contributed by atoms with Gasteiger partial charge in [0.25, 0.3) is 0 Å². The third-order valence-corrected chi connectivity index (χ3v) is 4.41. The Morgan fingerprint density at radius 1 is 1.47 bits per heavy atom. The van der Waals surface area contributed by atoms with Crippen molar-refractivity contribution in [3.63, 3.8) is 0 Å². The number of benzene rings is 1. The fraction of sp³-hybridized carbons (Fsp3) is 0.533. The Labute approximate surface area is 113 Å². The summed E-state index contributed by atoms with van der Waals surface area (Å²) in [5, 5.41) is 9.45. The molecule has 4 nitrogen and oxygen atoms in total. The number of aliphatic carboxylic acids is 1. The molecule has 0 bridgehead atoms. The first-order valence-electron chi connectivity index (χ1n) is 6.72. The predicted molar refractivity (Wildman–Crippen MR) is 71.4 cm³/mol. The maximum atomic E-state index is 11.5. The zero-order valence-electron chi connectivity index (χ0n) is 11.1. The van der Waals surface area contributed by atoms with Gasteiger partial charge in [0.1, 0.15) is 5.41 Å². The summed E-state index contributed by atoms with van der Waals surface area (Å²) in [5.74, 6) is -0.253. The molecule has 0 aliphatic carbocycles. The van der Waals surface area contributed by atoms with Gasteiger partial charge in [-0.1, -0.05) is 24.3 Å². The van der Waals surface area contributed by atoms with E-state index in [1.807, 2.05) is 12.1 Å². The standard InChI is InChI=1S/C15H19NO3/c1-16-6-5-12(8-16)11-3-2-4-13(7-11)15(14(17)18)9-19-10-15/h2-4,7,12H,5-6,8-10H2,1H3,(H,17,18). The van der Waals surface area contributed by atoms with Crippen LogP contribution in [0.4, 0.5) is 0 Å². The van der Waals surface area contributed by atoms with Crippen LogP contribution >= 0.6 is 0 Å². The molecular formula is C15H19NO3. The lowest BCUT2D eigenvalue weighted by atomic mass is 9.77. The minimum atomic E-state index is -0.819. The highest BCUT2D eigenvalue weighted by Crippen LogP contribution is 2.35. The molecule has 2 aliphatic heterocycles. The fourth-order valence-electron chi connectivity index (χ4n) is 3.02. The van der Waals surface area contributed by atoms with Crippen molar-refractivity contribution >= 4 is 5.97 Å². The highest BCUT2D eigenvalue weighted by atomic mass is 16.5. The third-order valence-electron chi connectivity index (χ3n) is 4.41. The number of likely N-dealkylation sites (N-methyl/N-ethyl adjacent to an activating group) is 1. The van der Waals surface area contributed by atoms with Crippen LogP contribution in [-0.2, 0) is 14.9 Å². The van der Waals surface area contributed by atoms with Gasteiger partial charge in [-0.3, -0.25) is 4.79 Å². The Morgan fingerprint density at radius 2 is 2.26 bits per heavy atom. The molecule has 1 N–H and O–H groups in total. The lowest BCUT2D eigenvalue weighted by Crippen LogP contribution is -2.53. The van der Waals surface area contributed by atoms with Crippen LogP contribution in [-0.4, -0.2) is 49.3 Å². The Kier molecular flexibility index (Phi) is 3.07. The van der Waals surface area contributed by atoms with Gasteiger partial charge in [0.2, 0.25) is 0 Å². The summed E-state index contributed by atoms with van der Waals surface area (Å²) in [6.45, 7) is 2.74. The minimum absolute atomic E-state index is 0.288. The van der Waals surface area contributed by atoms with Crippen LogP contribution in [0.15, 0.2) is 24.3 Å². The maximum absolute atomic E-state index is 11.5. The number of ether oxygens (including phenoxy) is 1. The second-order valence-electron chi connectivity index (χ2n) is 5.75. The van der Waals surface area contributed by atoms with Gasteiger partial charge in [-0.2, -0.15) is 0 Å². The van der Waals surface area contributed by atoms with Crippen LogP contribution in [0.3, 0.4) is 0 Å². The van der Waals surface area contributed by atoms with E-state index in [0.29, 0.717) is 5.92 Å². The Morgan fingerprint density at radius 3 is 2.79 bits per heavy atom. The Hall–Kier alpha value is -1.39. The molecule has 1 aromatic rings. The maximum Gasteiger partial charge on any atom is 0.318 e. The van der Waals surface area contributed by atoms with Crippen molar-refractivity contribution in [2.24, 2.45) is 0 Å². The van der Waals surface area contributed by atoms with Crippen LogP contribution in [0.2, 0.25) is 0 Å². The van der Waals surface area contributed by atoms with E-state index in [2.05, 4.69) is 24.1 Å². The van der Waals surface area contributed by atoms with Gasteiger partial charge in [-0.15, -0.1) is 0 Å². The highest BCUT2D eigenvalue weighted by molar-refractivity contribution is 5.83. The van der Waals surface area contributed by atoms with Crippen LogP contribution in [0.5, 0.6) is 0 Å². The third kappa shape index (κ3) is 2.05. The Bertz CT molecular complexity index is 496. The van der Waals surface area contributed by atoms with Crippen LogP contribution in [0, 0.1) is 0 Å². The average Bonchev–Trinajstić information content (AvgIpc) is 2.74. The summed E-state index contributed by atoms with van der Waals surface area (Å²) in [6.07, 6.45) is 1.15. The van der Waals surface area contributed by atoms with Gasteiger partial charge in [0, 0.05) is 6.54 Å². The number of carboxylic acid groups (broad SMARTS) is 1. The molecule has 102 valence electrons. The van der Waals surface area contributed by atoms with Crippen LogP contribution in [0.1, 0.15) is 23.5 Å². The second kappa shape index (κ2) is 4.62. The summed E-state index contributed by atoms with van der Waals surface area (Å²) < 4.78 is 5.15. The molecule has 1 atom stereocenters. The molecule has 2 aliphatic rings. The van der Waals surface area contributed by atoms with E-state index >= 15 is 0 Å². The largest absolute Gasteiger partial charge is 0.480 e. The molecule has 19 heavy (non-hydrogen) atoms. The van der Waals surface area contributed by atoms with Gasteiger partial charge in [-0.25, -0.2) is 0 Å².